The molecule has 6 heavy (non-hydrogen) atoms. The van der Waals surface area contributed by atoms with Crippen LogP contribution in [0, 0.1) is 6.42 Å². The van der Waals surface area contributed by atoms with Crippen LogP contribution in [0.1, 0.15) is 12.8 Å². The van der Waals surface area contributed by atoms with E-state index in [-0.39, 0.29) is 3.23 Å². The van der Waals surface area contributed by atoms with Crippen LogP contribution >= 0.6 is 31.9 Å². The molecule has 0 nitrogen and oxygen atoms in total. The maximum Gasteiger partial charge on any atom is 0.0837 e. The van der Waals surface area contributed by atoms with Crippen molar-refractivity contribution in [2.45, 2.75) is 16.1 Å². The second kappa shape index (κ2) is 1.48. The summed E-state index contributed by atoms with van der Waals surface area (Å²) < 4.78 is 0.222. The Labute approximate surface area is 54.6 Å². The molecule has 1 saturated carbocycles. The SMILES string of the molecule is BrC1(Br)[CH]CC1. The van der Waals surface area contributed by atoms with E-state index in [0.29, 0.717) is 0 Å². The Hall–Kier alpha value is 0.960. The molecule has 1 aliphatic carbocycles. The van der Waals surface area contributed by atoms with E-state index in [4.69, 9.17) is 0 Å². The Morgan fingerprint density at radius 2 is 1.83 bits per heavy atom. The van der Waals surface area contributed by atoms with Gasteiger partial charge in [-0.3, -0.25) is 0 Å². The van der Waals surface area contributed by atoms with Gasteiger partial charge in [0.15, 0.2) is 0 Å². The smallest absolute Gasteiger partial charge is 0.0724 e. The lowest BCUT2D eigenvalue weighted by molar-refractivity contribution is 0.649. The molecule has 0 aromatic rings. The molecule has 1 aliphatic rings. The van der Waals surface area contributed by atoms with Crippen LogP contribution in [0.4, 0.5) is 0 Å². The maximum atomic E-state index is 3.43. The molecule has 2 heteroatoms. The maximum absolute atomic E-state index is 3.43. The van der Waals surface area contributed by atoms with Crippen molar-refractivity contribution in [3.63, 3.8) is 0 Å². The molecule has 0 aromatic carbocycles. The van der Waals surface area contributed by atoms with Gasteiger partial charge in [0.1, 0.15) is 0 Å². The van der Waals surface area contributed by atoms with Crippen molar-refractivity contribution in [1.29, 1.82) is 0 Å². The first kappa shape index (κ1) is 5.10. The van der Waals surface area contributed by atoms with Gasteiger partial charge in [-0.2, -0.15) is 0 Å². The molecule has 0 saturated heterocycles. The van der Waals surface area contributed by atoms with Crippen LogP contribution < -0.4 is 0 Å². The monoisotopic (exact) mass is 211 g/mol. The molecular formula is C4H5Br2. The second-order valence-corrected chi connectivity index (χ2v) is 5.40. The molecule has 0 aliphatic heterocycles. The number of hydrogen-bond donors (Lipinski definition) is 0. The summed E-state index contributed by atoms with van der Waals surface area (Å²) in [5.41, 5.74) is 0. The molecule has 35 valence electrons. The summed E-state index contributed by atoms with van der Waals surface area (Å²) in [6.07, 6.45) is 4.68. The molecule has 0 aromatic heterocycles. The quantitative estimate of drug-likeness (QED) is 0.542. The van der Waals surface area contributed by atoms with Crippen LogP contribution in [0.5, 0.6) is 0 Å². The van der Waals surface area contributed by atoms with Crippen molar-refractivity contribution in [1.82, 2.24) is 0 Å². The standard InChI is InChI=1S/C4H5Br2/c5-4(6)2-1-3-4/h2H,1,3H2. The highest BCUT2D eigenvalue weighted by atomic mass is 79.9. The van der Waals surface area contributed by atoms with Gasteiger partial charge in [-0.1, -0.05) is 31.9 Å². The van der Waals surface area contributed by atoms with Crippen molar-refractivity contribution in [2.24, 2.45) is 0 Å². The fraction of sp³-hybridized carbons (Fsp3) is 0.750. The lowest BCUT2D eigenvalue weighted by atomic mass is 10.0. The minimum Gasteiger partial charge on any atom is -0.0724 e. The lowest BCUT2D eigenvalue weighted by Crippen LogP contribution is -2.21. The van der Waals surface area contributed by atoms with E-state index < -0.39 is 0 Å². The zero-order chi connectivity index (χ0) is 4.62. The third-order valence-electron chi connectivity index (χ3n) is 0.921. The number of halogens is 2. The van der Waals surface area contributed by atoms with Crippen molar-refractivity contribution in [3.8, 4) is 0 Å². The average molecular weight is 213 g/mol. The van der Waals surface area contributed by atoms with E-state index in [1.54, 1.807) is 0 Å². The first-order valence-corrected chi connectivity index (χ1v) is 3.51. The largest absolute Gasteiger partial charge is 0.0837 e. The Morgan fingerprint density at radius 1 is 1.50 bits per heavy atom. The van der Waals surface area contributed by atoms with E-state index in [1.165, 1.54) is 12.8 Å². The third kappa shape index (κ3) is 0.969. The highest BCUT2D eigenvalue weighted by molar-refractivity contribution is 9.25. The molecule has 1 fully saturated rings. The molecule has 0 N–H and O–H groups in total. The van der Waals surface area contributed by atoms with E-state index in [0.717, 1.165) is 0 Å². The minimum atomic E-state index is 0.222. The highest BCUT2D eigenvalue weighted by Crippen LogP contribution is 2.44. The number of rotatable bonds is 0. The van der Waals surface area contributed by atoms with Crippen molar-refractivity contribution in [3.05, 3.63) is 6.42 Å². The highest BCUT2D eigenvalue weighted by Gasteiger charge is 2.30. The van der Waals surface area contributed by atoms with E-state index >= 15 is 0 Å². The number of hydrogen-bond acceptors (Lipinski definition) is 0. The Kier molecular flexibility index (Phi) is 1.26. The fourth-order valence-electron chi connectivity index (χ4n) is 0.363. The van der Waals surface area contributed by atoms with Crippen LogP contribution in [-0.4, -0.2) is 3.23 Å². The molecule has 1 radical (unpaired) electrons. The Bertz CT molecular complexity index is 52.6. The molecule has 0 bridgehead atoms. The van der Waals surface area contributed by atoms with Gasteiger partial charge in [0, 0.05) is 0 Å². The van der Waals surface area contributed by atoms with Crippen molar-refractivity contribution in [2.75, 3.05) is 0 Å². The average Bonchev–Trinajstić information content (AvgIpc) is 1.32. The van der Waals surface area contributed by atoms with Crippen LogP contribution in [0.3, 0.4) is 0 Å². The zero-order valence-electron chi connectivity index (χ0n) is 3.25. The molecule has 0 heterocycles. The number of alkyl halides is 2. The lowest BCUT2D eigenvalue weighted by Gasteiger charge is -2.28. The van der Waals surface area contributed by atoms with Crippen molar-refractivity contribution >= 4 is 31.9 Å². The summed E-state index contributed by atoms with van der Waals surface area (Å²) >= 11 is 6.85. The van der Waals surface area contributed by atoms with E-state index in [9.17, 15) is 0 Å². The molecule has 0 amide bonds. The fourth-order valence-corrected chi connectivity index (χ4v) is 1.28. The summed E-state index contributed by atoms with van der Waals surface area (Å²) in [6.45, 7) is 0. The van der Waals surface area contributed by atoms with Gasteiger partial charge in [-0.05, 0) is 19.3 Å². The van der Waals surface area contributed by atoms with Gasteiger partial charge in [-0.15, -0.1) is 0 Å². The molecule has 0 atom stereocenters. The molecule has 1 rings (SSSR count). The van der Waals surface area contributed by atoms with Gasteiger partial charge in [-0.25, -0.2) is 0 Å². The predicted molar refractivity (Wildman–Crippen MR) is 34.1 cm³/mol. The zero-order valence-corrected chi connectivity index (χ0v) is 6.42. The predicted octanol–water partition coefficient (Wildman–Crippen LogP) is 2.47. The van der Waals surface area contributed by atoms with Crippen LogP contribution in [0.2, 0.25) is 0 Å². The van der Waals surface area contributed by atoms with Gasteiger partial charge >= 0.3 is 0 Å². The normalized spacial score (nSPS) is 29.0. The Balaban J connectivity index is 2.31. The van der Waals surface area contributed by atoms with E-state index in [2.05, 4.69) is 38.3 Å². The van der Waals surface area contributed by atoms with Gasteiger partial charge in [0.25, 0.3) is 0 Å². The van der Waals surface area contributed by atoms with Gasteiger partial charge < -0.3 is 0 Å². The van der Waals surface area contributed by atoms with Crippen LogP contribution in [0.25, 0.3) is 0 Å². The van der Waals surface area contributed by atoms with Gasteiger partial charge in [0.05, 0.1) is 3.23 Å². The minimum absolute atomic E-state index is 0.222. The van der Waals surface area contributed by atoms with Crippen LogP contribution in [-0.2, 0) is 0 Å². The Morgan fingerprint density at radius 3 is 1.83 bits per heavy atom. The summed E-state index contributed by atoms with van der Waals surface area (Å²) in [6, 6.07) is 0. The summed E-state index contributed by atoms with van der Waals surface area (Å²) in [7, 11) is 0. The first-order chi connectivity index (χ1) is 2.71. The van der Waals surface area contributed by atoms with Crippen LogP contribution in [0.15, 0.2) is 0 Å². The topological polar surface area (TPSA) is 0 Å². The molecular weight excluding hydrogens is 208 g/mol. The third-order valence-corrected chi connectivity index (χ3v) is 2.36. The summed E-state index contributed by atoms with van der Waals surface area (Å²) in [5, 5.41) is 0. The van der Waals surface area contributed by atoms with Gasteiger partial charge in [0.2, 0.25) is 0 Å². The first-order valence-electron chi connectivity index (χ1n) is 1.93. The van der Waals surface area contributed by atoms with Crippen molar-refractivity contribution < 1.29 is 0 Å². The van der Waals surface area contributed by atoms with E-state index in [1.807, 2.05) is 0 Å². The summed E-state index contributed by atoms with van der Waals surface area (Å²) in [5.74, 6) is 0. The molecule has 0 unspecified atom stereocenters. The summed E-state index contributed by atoms with van der Waals surface area (Å²) in [4.78, 5) is 0. The second-order valence-electron chi connectivity index (χ2n) is 1.50. The molecule has 0 spiro atoms.